The summed E-state index contributed by atoms with van der Waals surface area (Å²) >= 11 is 0. The summed E-state index contributed by atoms with van der Waals surface area (Å²) in [4.78, 5) is 24.1. The van der Waals surface area contributed by atoms with Gasteiger partial charge in [-0.25, -0.2) is 4.39 Å². The molecule has 27 heavy (non-hydrogen) atoms. The molecule has 7 atom stereocenters. The molecule has 0 spiro atoms. The standard InChI is InChI=1S/C21H27FO5/c1-18-7-5-13(24)9-12(18)3-4-15-14-6-8-20(27,17(26)11-23)19(14,2)10-16(25)21(15,18)22/h5,7,9,14-16,23,25,27H,3-4,6,8,10-11H2,1-2H3/t14-,15+,16-,18-,19-,20+,21+/m1/s1. The first-order valence-corrected chi connectivity index (χ1v) is 9.72. The number of alkyl halides is 1. The molecule has 5 nitrogen and oxygen atoms in total. The normalized spacial score (nSPS) is 51.3. The molecule has 3 N–H and O–H groups in total. The average Bonchev–Trinajstić information content (AvgIpc) is 2.88. The molecule has 6 heteroatoms. The van der Waals surface area contributed by atoms with Crippen molar-refractivity contribution in [2.45, 2.75) is 63.3 Å². The minimum absolute atomic E-state index is 0.0580. The van der Waals surface area contributed by atoms with Crippen LogP contribution in [-0.4, -0.2) is 50.9 Å². The predicted octanol–water partition coefficient (Wildman–Crippen LogP) is 1.65. The molecule has 3 fully saturated rings. The van der Waals surface area contributed by atoms with Gasteiger partial charge >= 0.3 is 0 Å². The minimum Gasteiger partial charge on any atom is -0.390 e. The molecule has 0 amide bonds. The van der Waals surface area contributed by atoms with Crippen molar-refractivity contribution in [3.05, 3.63) is 23.8 Å². The Hall–Kier alpha value is -1.37. The number of ketones is 2. The van der Waals surface area contributed by atoms with Gasteiger partial charge in [0.1, 0.15) is 12.2 Å². The van der Waals surface area contributed by atoms with Crippen molar-refractivity contribution < 1.29 is 29.3 Å². The van der Waals surface area contributed by atoms with E-state index in [1.807, 2.05) is 0 Å². The molecular weight excluding hydrogens is 351 g/mol. The topological polar surface area (TPSA) is 94.8 Å². The first kappa shape index (κ1) is 19.0. The van der Waals surface area contributed by atoms with Crippen molar-refractivity contribution in [3.63, 3.8) is 0 Å². The SMILES string of the molecule is C[C@@]12C=CC(=O)C=C1CC[C@H]1[C@H]3CC[C@](O)(C(=O)CO)[C@]3(C)C[C@@H](O)[C@@]12F. The molecule has 0 radical (unpaired) electrons. The number of fused-ring (bicyclic) bond motifs is 5. The molecule has 0 unspecified atom stereocenters. The lowest BCUT2D eigenvalue weighted by atomic mass is 9.44. The minimum atomic E-state index is -1.97. The lowest BCUT2D eigenvalue weighted by molar-refractivity contribution is -0.217. The second kappa shape index (κ2) is 5.58. The van der Waals surface area contributed by atoms with Gasteiger partial charge in [0.25, 0.3) is 0 Å². The number of allylic oxidation sites excluding steroid dienone is 4. The number of hydrogen-bond donors (Lipinski definition) is 3. The van der Waals surface area contributed by atoms with E-state index >= 15 is 4.39 Å². The molecule has 4 aliphatic carbocycles. The lowest BCUT2D eigenvalue weighted by Gasteiger charge is -2.62. The zero-order chi connectivity index (χ0) is 19.8. The van der Waals surface area contributed by atoms with Crippen molar-refractivity contribution in [2.24, 2.45) is 22.7 Å². The molecule has 0 aliphatic heterocycles. The second-order valence-electron chi connectivity index (χ2n) is 9.24. The molecule has 0 aromatic rings. The molecule has 0 saturated heterocycles. The maximum Gasteiger partial charge on any atom is 0.190 e. The molecule has 148 valence electrons. The van der Waals surface area contributed by atoms with Gasteiger partial charge in [-0.2, -0.15) is 0 Å². The molecule has 0 aromatic heterocycles. The summed E-state index contributed by atoms with van der Waals surface area (Å²) < 4.78 is 16.7. The maximum absolute atomic E-state index is 16.7. The molecular formula is C21H27FO5. The van der Waals surface area contributed by atoms with Gasteiger partial charge in [-0.1, -0.05) is 18.6 Å². The first-order chi connectivity index (χ1) is 12.5. The Kier molecular flexibility index (Phi) is 3.92. The monoisotopic (exact) mass is 378 g/mol. The van der Waals surface area contributed by atoms with Gasteiger partial charge in [-0.15, -0.1) is 0 Å². The summed E-state index contributed by atoms with van der Waals surface area (Å²) in [6.45, 7) is 2.71. The molecule has 3 saturated carbocycles. The van der Waals surface area contributed by atoms with Crippen LogP contribution in [0.3, 0.4) is 0 Å². The van der Waals surface area contributed by atoms with Crippen LogP contribution in [0, 0.1) is 22.7 Å². The quantitative estimate of drug-likeness (QED) is 0.679. The Bertz CT molecular complexity index is 775. The summed E-state index contributed by atoms with van der Waals surface area (Å²) in [5.74, 6) is -1.64. The van der Waals surface area contributed by atoms with Crippen molar-refractivity contribution in [1.82, 2.24) is 0 Å². The van der Waals surface area contributed by atoms with Gasteiger partial charge < -0.3 is 15.3 Å². The van der Waals surface area contributed by atoms with E-state index in [1.54, 1.807) is 19.9 Å². The number of hydrogen-bond acceptors (Lipinski definition) is 5. The van der Waals surface area contributed by atoms with Crippen molar-refractivity contribution in [1.29, 1.82) is 0 Å². The van der Waals surface area contributed by atoms with E-state index in [9.17, 15) is 24.9 Å². The van der Waals surface area contributed by atoms with E-state index in [-0.39, 0.29) is 24.5 Å². The van der Waals surface area contributed by atoms with Gasteiger partial charge in [0.2, 0.25) is 0 Å². The van der Waals surface area contributed by atoms with Gasteiger partial charge in [0.05, 0.1) is 6.10 Å². The largest absolute Gasteiger partial charge is 0.390 e. The average molecular weight is 378 g/mol. The Morgan fingerprint density at radius 3 is 2.67 bits per heavy atom. The Morgan fingerprint density at radius 1 is 1.30 bits per heavy atom. The highest BCUT2D eigenvalue weighted by atomic mass is 19.1. The number of carbonyl (C=O) groups is 2. The third-order valence-corrected chi connectivity index (χ3v) is 8.40. The van der Waals surface area contributed by atoms with Crippen LogP contribution < -0.4 is 0 Å². The Morgan fingerprint density at radius 2 is 2.00 bits per heavy atom. The van der Waals surface area contributed by atoms with E-state index in [2.05, 4.69) is 0 Å². The van der Waals surface area contributed by atoms with E-state index in [0.717, 1.165) is 0 Å². The number of carbonyl (C=O) groups excluding carboxylic acids is 2. The van der Waals surface area contributed by atoms with Crippen LogP contribution in [0.5, 0.6) is 0 Å². The van der Waals surface area contributed by atoms with Gasteiger partial charge in [0, 0.05) is 16.7 Å². The Labute approximate surface area is 158 Å². The second-order valence-corrected chi connectivity index (χ2v) is 9.24. The smallest absolute Gasteiger partial charge is 0.190 e. The number of rotatable bonds is 2. The fraction of sp³-hybridized carbons (Fsp3) is 0.714. The van der Waals surface area contributed by atoms with Crippen LogP contribution in [0.1, 0.15) is 46.0 Å². The van der Waals surface area contributed by atoms with Gasteiger partial charge in [0.15, 0.2) is 17.2 Å². The molecule has 0 bridgehead atoms. The van der Waals surface area contributed by atoms with Crippen molar-refractivity contribution in [3.8, 4) is 0 Å². The fourth-order valence-electron chi connectivity index (χ4n) is 6.80. The summed E-state index contributed by atoms with van der Waals surface area (Å²) in [7, 11) is 0. The third-order valence-electron chi connectivity index (χ3n) is 8.40. The van der Waals surface area contributed by atoms with E-state index < -0.39 is 46.5 Å². The van der Waals surface area contributed by atoms with Crippen LogP contribution in [0.4, 0.5) is 4.39 Å². The number of aliphatic hydroxyl groups excluding tert-OH is 2. The van der Waals surface area contributed by atoms with Crippen molar-refractivity contribution in [2.75, 3.05) is 6.61 Å². The van der Waals surface area contributed by atoms with Crippen LogP contribution in [0.15, 0.2) is 23.8 Å². The highest BCUT2D eigenvalue weighted by Crippen LogP contribution is 2.69. The summed E-state index contributed by atoms with van der Waals surface area (Å²) in [5, 5.41) is 31.5. The predicted molar refractivity (Wildman–Crippen MR) is 95.4 cm³/mol. The van der Waals surface area contributed by atoms with Crippen LogP contribution in [0.25, 0.3) is 0 Å². The number of halogens is 1. The molecule has 0 aromatic carbocycles. The number of Topliss-reactive ketones (excluding diaryl/α,β-unsaturated/α-hetero) is 1. The van der Waals surface area contributed by atoms with E-state index in [1.165, 1.54) is 12.2 Å². The Balaban J connectivity index is 1.81. The molecule has 4 aliphatic rings. The third kappa shape index (κ3) is 2.04. The summed E-state index contributed by atoms with van der Waals surface area (Å²) in [5.41, 5.74) is -5.07. The van der Waals surface area contributed by atoms with Crippen LogP contribution in [-0.2, 0) is 9.59 Å². The highest BCUT2D eigenvalue weighted by Gasteiger charge is 2.73. The molecule has 0 heterocycles. The fourth-order valence-corrected chi connectivity index (χ4v) is 6.80. The summed E-state index contributed by atoms with van der Waals surface area (Å²) in [6.07, 6.45) is 4.65. The lowest BCUT2D eigenvalue weighted by Crippen LogP contribution is -2.69. The summed E-state index contributed by atoms with van der Waals surface area (Å²) in [6, 6.07) is 0. The van der Waals surface area contributed by atoms with Crippen LogP contribution in [0.2, 0.25) is 0 Å². The zero-order valence-corrected chi connectivity index (χ0v) is 15.7. The number of aliphatic hydroxyl groups is 3. The van der Waals surface area contributed by atoms with Crippen LogP contribution >= 0.6 is 0 Å². The van der Waals surface area contributed by atoms with Gasteiger partial charge in [-0.05, 0) is 57.1 Å². The maximum atomic E-state index is 16.7. The first-order valence-electron chi connectivity index (χ1n) is 9.72. The van der Waals surface area contributed by atoms with Crippen molar-refractivity contribution >= 4 is 11.6 Å². The van der Waals surface area contributed by atoms with Gasteiger partial charge in [-0.3, -0.25) is 9.59 Å². The highest BCUT2D eigenvalue weighted by molar-refractivity contribution is 6.01. The van der Waals surface area contributed by atoms with E-state index in [0.29, 0.717) is 24.8 Å². The van der Waals surface area contributed by atoms with E-state index in [4.69, 9.17) is 0 Å². The zero-order valence-electron chi connectivity index (χ0n) is 15.7. The molecule has 4 rings (SSSR count).